The number of nitrogens with zero attached hydrogens (tertiary/aromatic N) is 2. The van der Waals surface area contributed by atoms with Crippen LogP contribution in [0.1, 0.15) is 42.9 Å². The van der Waals surface area contributed by atoms with Gasteiger partial charge >= 0.3 is 0 Å². The van der Waals surface area contributed by atoms with Crippen LogP contribution in [-0.4, -0.2) is 50.5 Å². The normalized spacial score (nSPS) is 12.0. The number of para-hydroxylation sites is 1. The highest BCUT2D eigenvalue weighted by Crippen LogP contribution is 2.23. The molecule has 3 aromatic rings. The lowest BCUT2D eigenvalue weighted by molar-refractivity contribution is -0.141. The summed E-state index contributed by atoms with van der Waals surface area (Å²) >= 11 is 0. The SMILES string of the molecule is CCCNC(=O)[C@@H](Cc1ccccc1)N(Cc1ccccc1F)C(=O)CCCN(c1ccccc1C)S(C)(=O)=O. The number of rotatable bonds is 14. The zero-order valence-electron chi connectivity index (χ0n) is 23.3. The molecular weight excluding hydrogens is 529 g/mol. The van der Waals surface area contributed by atoms with Gasteiger partial charge in [-0.25, -0.2) is 12.8 Å². The van der Waals surface area contributed by atoms with E-state index in [9.17, 15) is 22.4 Å². The van der Waals surface area contributed by atoms with Crippen molar-refractivity contribution in [2.45, 2.75) is 52.1 Å². The number of carbonyl (C=O) groups excluding carboxylic acids is 2. The van der Waals surface area contributed by atoms with Crippen molar-refractivity contribution < 1.29 is 22.4 Å². The largest absolute Gasteiger partial charge is 0.354 e. The van der Waals surface area contributed by atoms with Crippen LogP contribution in [0.4, 0.5) is 10.1 Å². The van der Waals surface area contributed by atoms with Gasteiger partial charge in [-0.1, -0.05) is 73.7 Å². The molecule has 0 aliphatic heterocycles. The van der Waals surface area contributed by atoms with Crippen LogP contribution in [0.5, 0.6) is 0 Å². The van der Waals surface area contributed by atoms with Crippen molar-refractivity contribution >= 4 is 27.5 Å². The third-order valence-corrected chi connectivity index (χ3v) is 7.84. The average Bonchev–Trinajstić information content (AvgIpc) is 2.93. The number of hydrogen-bond donors (Lipinski definition) is 1. The number of aryl methyl sites for hydroxylation is 1. The number of amides is 2. The lowest BCUT2D eigenvalue weighted by atomic mass is 10.0. The van der Waals surface area contributed by atoms with Crippen molar-refractivity contribution in [3.63, 3.8) is 0 Å². The quantitative estimate of drug-likeness (QED) is 0.302. The summed E-state index contributed by atoms with van der Waals surface area (Å²) in [6.45, 7) is 4.23. The first-order valence-electron chi connectivity index (χ1n) is 13.5. The maximum absolute atomic E-state index is 14.7. The Hall–Kier alpha value is -3.72. The van der Waals surface area contributed by atoms with Crippen molar-refractivity contribution in [1.29, 1.82) is 0 Å². The van der Waals surface area contributed by atoms with Gasteiger partial charge < -0.3 is 10.2 Å². The van der Waals surface area contributed by atoms with Gasteiger partial charge in [0.05, 0.1) is 11.9 Å². The molecule has 1 N–H and O–H groups in total. The third-order valence-electron chi connectivity index (χ3n) is 6.66. The van der Waals surface area contributed by atoms with Gasteiger partial charge in [0.2, 0.25) is 21.8 Å². The Balaban J connectivity index is 1.89. The summed E-state index contributed by atoms with van der Waals surface area (Å²) in [5.41, 5.74) is 2.53. The zero-order chi connectivity index (χ0) is 29.1. The fraction of sp³-hybridized carbons (Fsp3) is 0.355. The van der Waals surface area contributed by atoms with E-state index in [1.165, 1.54) is 15.3 Å². The number of halogens is 1. The minimum Gasteiger partial charge on any atom is -0.354 e. The summed E-state index contributed by atoms with van der Waals surface area (Å²) in [5.74, 6) is -1.13. The van der Waals surface area contributed by atoms with Gasteiger partial charge in [0.25, 0.3) is 0 Å². The summed E-state index contributed by atoms with van der Waals surface area (Å²) in [4.78, 5) is 28.6. The van der Waals surface area contributed by atoms with Gasteiger partial charge in [-0.15, -0.1) is 0 Å². The predicted octanol–water partition coefficient (Wildman–Crippen LogP) is 4.85. The molecule has 0 aliphatic carbocycles. The highest BCUT2D eigenvalue weighted by Gasteiger charge is 2.31. The topological polar surface area (TPSA) is 86.8 Å². The first kappa shape index (κ1) is 30.8. The van der Waals surface area contributed by atoms with E-state index in [-0.39, 0.29) is 44.2 Å². The van der Waals surface area contributed by atoms with Crippen LogP contribution >= 0.6 is 0 Å². The van der Waals surface area contributed by atoms with Crippen LogP contribution in [0.2, 0.25) is 0 Å². The number of hydrogen-bond acceptors (Lipinski definition) is 4. The van der Waals surface area contributed by atoms with Crippen LogP contribution in [0.25, 0.3) is 0 Å². The second-order valence-corrected chi connectivity index (χ2v) is 11.7. The molecule has 2 amide bonds. The average molecular weight is 568 g/mol. The predicted molar refractivity (Wildman–Crippen MR) is 157 cm³/mol. The fourth-order valence-corrected chi connectivity index (χ4v) is 5.58. The highest BCUT2D eigenvalue weighted by atomic mass is 32.2. The van der Waals surface area contributed by atoms with Crippen molar-refractivity contribution in [1.82, 2.24) is 10.2 Å². The molecule has 0 saturated heterocycles. The van der Waals surface area contributed by atoms with E-state index in [2.05, 4.69) is 5.32 Å². The Bertz CT molecular complexity index is 1380. The number of carbonyl (C=O) groups is 2. The van der Waals surface area contributed by atoms with E-state index in [1.807, 2.05) is 56.3 Å². The Morgan fingerprint density at radius 2 is 1.60 bits per heavy atom. The van der Waals surface area contributed by atoms with Crippen molar-refractivity contribution in [2.24, 2.45) is 0 Å². The molecule has 0 bridgehead atoms. The molecule has 0 aromatic heterocycles. The first-order chi connectivity index (χ1) is 19.1. The minimum absolute atomic E-state index is 0.0152. The number of nitrogens with one attached hydrogen (secondary N) is 1. The molecule has 0 radical (unpaired) electrons. The molecule has 3 aromatic carbocycles. The summed E-state index contributed by atoms with van der Waals surface area (Å²) in [7, 11) is -3.60. The molecule has 0 aliphatic rings. The Morgan fingerprint density at radius 1 is 0.950 bits per heavy atom. The highest BCUT2D eigenvalue weighted by molar-refractivity contribution is 7.92. The number of sulfonamides is 1. The second-order valence-electron chi connectivity index (χ2n) is 9.83. The Kier molecular flexibility index (Phi) is 11.3. The summed E-state index contributed by atoms with van der Waals surface area (Å²) < 4.78 is 41.2. The van der Waals surface area contributed by atoms with Gasteiger partial charge in [-0.3, -0.25) is 13.9 Å². The zero-order valence-corrected chi connectivity index (χ0v) is 24.2. The molecule has 0 saturated carbocycles. The molecule has 9 heteroatoms. The van der Waals surface area contributed by atoms with E-state index >= 15 is 0 Å². The van der Waals surface area contributed by atoms with E-state index in [1.54, 1.807) is 30.3 Å². The minimum atomic E-state index is -3.60. The van der Waals surface area contributed by atoms with E-state index < -0.39 is 21.9 Å². The Labute approximate surface area is 237 Å². The van der Waals surface area contributed by atoms with Gasteiger partial charge in [-0.2, -0.15) is 0 Å². The van der Waals surface area contributed by atoms with Crippen LogP contribution in [0, 0.1) is 12.7 Å². The van der Waals surface area contributed by atoms with Crippen molar-refractivity contribution in [2.75, 3.05) is 23.7 Å². The maximum atomic E-state index is 14.7. The molecule has 40 heavy (non-hydrogen) atoms. The Morgan fingerprint density at radius 3 is 2.25 bits per heavy atom. The fourth-order valence-electron chi connectivity index (χ4n) is 4.56. The van der Waals surface area contributed by atoms with Crippen LogP contribution < -0.4 is 9.62 Å². The molecule has 0 heterocycles. The van der Waals surface area contributed by atoms with Crippen LogP contribution in [-0.2, 0) is 32.6 Å². The van der Waals surface area contributed by atoms with Crippen LogP contribution in [0.3, 0.4) is 0 Å². The smallest absolute Gasteiger partial charge is 0.243 e. The summed E-state index contributed by atoms with van der Waals surface area (Å²) in [6, 6.07) is 21.9. The van der Waals surface area contributed by atoms with E-state index in [0.29, 0.717) is 17.8 Å². The standard InChI is InChI=1S/C31H38FN3O4S/c1-4-20-33-31(37)29(22-25-14-6-5-7-15-25)34(23-26-16-9-10-17-27(26)32)30(36)19-12-21-35(40(3,38)39)28-18-11-8-13-24(28)2/h5-11,13-18,29H,4,12,19-23H2,1-3H3,(H,33,37)/t29-/m1/s1. The number of benzene rings is 3. The molecule has 1 atom stereocenters. The maximum Gasteiger partial charge on any atom is 0.243 e. The van der Waals surface area contributed by atoms with Gasteiger partial charge in [0.1, 0.15) is 11.9 Å². The van der Waals surface area contributed by atoms with Crippen molar-refractivity contribution in [3.8, 4) is 0 Å². The molecular formula is C31H38FN3O4S. The lowest BCUT2D eigenvalue weighted by Crippen LogP contribution is -2.50. The molecule has 3 rings (SSSR count). The molecule has 0 spiro atoms. The first-order valence-corrected chi connectivity index (χ1v) is 15.3. The molecule has 214 valence electrons. The molecule has 7 nitrogen and oxygen atoms in total. The van der Waals surface area contributed by atoms with E-state index in [0.717, 1.165) is 23.8 Å². The van der Waals surface area contributed by atoms with Gasteiger partial charge in [0, 0.05) is 38.0 Å². The summed E-state index contributed by atoms with van der Waals surface area (Å²) in [6.07, 6.45) is 2.33. The van der Waals surface area contributed by atoms with Gasteiger partial charge in [-0.05, 0) is 43.0 Å². The molecule has 0 unspecified atom stereocenters. The second kappa shape index (κ2) is 14.6. The monoisotopic (exact) mass is 567 g/mol. The molecule has 0 fully saturated rings. The van der Waals surface area contributed by atoms with E-state index in [4.69, 9.17) is 0 Å². The van der Waals surface area contributed by atoms with Gasteiger partial charge in [0.15, 0.2) is 0 Å². The number of anilines is 1. The third kappa shape index (κ3) is 8.64. The summed E-state index contributed by atoms with van der Waals surface area (Å²) in [5, 5.41) is 2.90. The van der Waals surface area contributed by atoms with Crippen LogP contribution in [0.15, 0.2) is 78.9 Å². The lowest BCUT2D eigenvalue weighted by Gasteiger charge is -2.32. The van der Waals surface area contributed by atoms with Crippen molar-refractivity contribution in [3.05, 3.63) is 101 Å².